The van der Waals surface area contributed by atoms with Gasteiger partial charge in [0.25, 0.3) is 5.91 Å². The molecule has 0 unspecified atom stereocenters. The molecule has 1 N–H and O–H groups in total. The van der Waals surface area contributed by atoms with Crippen LogP contribution in [0.1, 0.15) is 38.8 Å². The molecule has 2 aromatic carbocycles. The summed E-state index contributed by atoms with van der Waals surface area (Å²) in [5.74, 6) is 0.382. The number of nitrogens with one attached hydrogen (secondary N) is 1. The Balaban J connectivity index is 1.85. The van der Waals surface area contributed by atoms with E-state index in [1.54, 1.807) is 0 Å². The van der Waals surface area contributed by atoms with E-state index in [1.807, 2.05) is 61.5 Å². The molecule has 2 rings (SSSR count). The van der Waals surface area contributed by atoms with Crippen LogP contribution >= 0.6 is 0 Å². The summed E-state index contributed by atoms with van der Waals surface area (Å²) < 4.78 is 5.49. The van der Waals surface area contributed by atoms with E-state index >= 15 is 0 Å². The van der Waals surface area contributed by atoms with Crippen LogP contribution in [0.2, 0.25) is 0 Å². The summed E-state index contributed by atoms with van der Waals surface area (Å²) in [6, 6.07) is 17.5. The summed E-state index contributed by atoms with van der Waals surface area (Å²) in [6.07, 6.45) is 0. The Bertz CT molecular complexity index is 699. The Labute approximate surface area is 143 Å². The Morgan fingerprint density at radius 2 is 1.67 bits per heavy atom. The highest BCUT2D eigenvalue weighted by atomic mass is 16.5. The Morgan fingerprint density at radius 3 is 2.25 bits per heavy atom. The molecule has 24 heavy (non-hydrogen) atoms. The minimum absolute atomic E-state index is 0.0690. The van der Waals surface area contributed by atoms with E-state index < -0.39 is 0 Å². The van der Waals surface area contributed by atoms with Gasteiger partial charge in [-0.15, -0.1) is 0 Å². The first kappa shape index (κ1) is 17.7. The highest BCUT2D eigenvalue weighted by molar-refractivity contribution is 5.99. The number of hydrazone groups is 1. The van der Waals surface area contributed by atoms with Crippen molar-refractivity contribution in [3.63, 3.8) is 0 Å². The van der Waals surface area contributed by atoms with Crippen LogP contribution in [0.25, 0.3) is 0 Å². The van der Waals surface area contributed by atoms with Crippen LogP contribution in [0.4, 0.5) is 0 Å². The number of nitrogens with zero attached hydrogens (tertiary/aromatic N) is 1. The molecule has 0 aliphatic heterocycles. The smallest absolute Gasteiger partial charge is 0.277 e. The monoisotopic (exact) mass is 324 g/mol. The largest absolute Gasteiger partial charge is 0.484 e. The number of hydrogen-bond acceptors (Lipinski definition) is 3. The molecule has 0 bridgehead atoms. The van der Waals surface area contributed by atoms with E-state index in [0.717, 1.165) is 11.3 Å². The van der Waals surface area contributed by atoms with Gasteiger partial charge in [-0.3, -0.25) is 4.79 Å². The van der Waals surface area contributed by atoms with Crippen LogP contribution in [-0.4, -0.2) is 18.2 Å². The summed E-state index contributed by atoms with van der Waals surface area (Å²) in [5, 5.41) is 4.09. The van der Waals surface area contributed by atoms with Gasteiger partial charge in [0.15, 0.2) is 6.61 Å². The molecule has 0 radical (unpaired) electrons. The predicted octanol–water partition coefficient (Wildman–Crippen LogP) is 3.90. The molecule has 0 atom stereocenters. The third-order valence-electron chi connectivity index (χ3n) is 3.63. The predicted molar refractivity (Wildman–Crippen MR) is 97.4 cm³/mol. The maximum absolute atomic E-state index is 11.8. The van der Waals surface area contributed by atoms with Crippen LogP contribution < -0.4 is 10.2 Å². The zero-order valence-electron chi connectivity index (χ0n) is 14.7. The van der Waals surface area contributed by atoms with Crippen molar-refractivity contribution < 1.29 is 9.53 Å². The average Bonchev–Trinajstić information content (AvgIpc) is 2.58. The van der Waals surface area contributed by atoms with Gasteiger partial charge in [0.05, 0.1) is 5.71 Å². The highest BCUT2D eigenvalue weighted by Gasteiger charge is 2.13. The second kappa shape index (κ2) is 7.77. The zero-order valence-corrected chi connectivity index (χ0v) is 14.7. The molecule has 0 saturated heterocycles. The van der Waals surface area contributed by atoms with Crippen molar-refractivity contribution in [2.45, 2.75) is 33.1 Å². The van der Waals surface area contributed by atoms with Crippen LogP contribution in [0.5, 0.6) is 5.75 Å². The second-order valence-electron chi connectivity index (χ2n) is 6.66. The van der Waals surface area contributed by atoms with Crippen molar-refractivity contribution in [2.75, 3.05) is 6.61 Å². The molecule has 0 saturated carbocycles. The standard InChI is InChI=1S/C20H24N2O2/c1-15(16-8-6-5-7-9-16)21-22-19(23)14-24-18-12-10-17(11-13-18)20(2,3)4/h5-13H,14H2,1-4H3,(H,22,23). The Kier molecular flexibility index (Phi) is 5.74. The molecule has 0 fully saturated rings. The number of hydrogen-bond donors (Lipinski definition) is 1. The lowest BCUT2D eigenvalue weighted by molar-refractivity contribution is -0.123. The lowest BCUT2D eigenvalue weighted by Crippen LogP contribution is -2.25. The van der Waals surface area contributed by atoms with Gasteiger partial charge in [-0.25, -0.2) is 5.43 Å². The van der Waals surface area contributed by atoms with Crippen molar-refractivity contribution in [1.29, 1.82) is 0 Å². The van der Waals surface area contributed by atoms with Gasteiger partial charge in [-0.2, -0.15) is 5.10 Å². The lowest BCUT2D eigenvalue weighted by Gasteiger charge is -2.19. The van der Waals surface area contributed by atoms with E-state index in [2.05, 4.69) is 31.3 Å². The molecular formula is C20H24N2O2. The molecule has 0 aromatic heterocycles. The molecule has 0 aliphatic rings. The SMILES string of the molecule is CC(=NNC(=O)COc1ccc(C(C)(C)C)cc1)c1ccccc1. The molecule has 4 nitrogen and oxygen atoms in total. The van der Waals surface area contributed by atoms with Crippen molar-refractivity contribution in [3.8, 4) is 5.75 Å². The molecule has 1 amide bonds. The van der Waals surface area contributed by atoms with Gasteiger partial charge in [0.1, 0.15) is 5.75 Å². The number of ether oxygens (including phenoxy) is 1. The summed E-state index contributed by atoms with van der Waals surface area (Å²) in [7, 11) is 0. The van der Waals surface area contributed by atoms with Crippen LogP contribution in [-0.2, 0) is 10.2 Å². The van der Waals surface area contributed by atoms with Gasteiger partial charge in [0, 0.05) is 0 Å². The maximum atomic E-state index is 11.8. The molecule has 126 valence electrons. The fourth-order valence-electron chi connectivity index (χ4n) is 2.12. The van der Waals surface area contributed by atoms with Crippen molar-refractivity contribution in [2.24, 2.45) is 5.10 Å². The zero-order chi connectivity index (χ0) is 17.6. The van der Waals surface area contributed by atoms with Crippen LogP contribution in [0.15, 0.2) is 59.7 Å². The Hall–Kier alpha value is -2.62. The Morgan fingerprint density at radius 1 is 1.04 bits per heavy atom. The fourth-order valence-corrected chi connectivity index (χ4v) is 2.12. The molecule has 0 spiro atoms. The van der Waals surface area contributed by atoms with Gasteiger partial charge in [-0.05, 0) is 35.6 Å². The molecule has 0 heterocycles. The second-order valence-corrected chi connectivity index (χ2v) is 6.66. The number of benzene rings is 2. The van der Waals surface area contributed by atoms with Crippen molar-refractivity contribution in [1.82, 2.24) is 5.43 Å². The summed E-state index contributed by atoms with van der Waals surface area (Å²) in [6.45, 7) is 8.25. The van der Waals surface area contributed by atoms with Gasteiger partial charge < -0.3 is 4.74 Å². The topological polar surface area (TPSA) is 50.7 Å². The third-order valence-corrected chi connectivity index (χ3v) is 3.63. The van der Waals surface area contributed by atoms with Gasteiger partial charge in [0.2, 0.25) is 0 Å². The minimum Gasteiger partial charge on any atom is -0.484 e. The first-order valence-electron chi connectivity index (χ1n) is 7.98. The minimum atomic E-state index is -0.287. The van der Waals surface area contributed by atoms with E-state index in [4.69, 9.17) is 4.74 Å². The number of rotatable bonds is 5. The summed E-state index contributed by atoms with van der Waals surface area (Å²) >= 11 is 0. The number of carbonyl (C=O) groups excluding carboxylic acids is 1. The summed E-state index contributed by atoms with van der Waals surface area (Å²) in [4.78, 5) is 11.8. The van der Waals surface area contributed by atoms with Crippen LogP contribution in [0.3, 0.4) is 0 Å². The van der Waals surface area contributed by atoms with E-state index in [9.17, 15) is 4.79 Å². The molecule has 2 aromatic rings. The van der Waals surface area contributed by atoms with E-state index in [-0.39, 0.29) is 17.9 Å². The molecular weight excluding hydrogens is 300 g/mol. The molecule has 0 aliphatic carbocycles. The van der Waals surface area contributed by atoms with Gasteiger partial charge in [-0.1, -0.05) is 63.2 Å². The summed E-state index contributed by atoms with van der Waals surface area (Å²) in [5.41, 5.74) is 5.55. The van der Waals surface area contributed by atoms with Gasteiger partial charge >= 0.3 is 0 Å². The first-order chi connectivity index (χ1) is 11.4. The third kappa shape index (κ3) is 5.23. The van der Waals surface area contributed by atoms with E-state index in [0.29, 0.717) is 5.75 Å². The number of amides is 1. The average molecular weight is 324 g/mol. The van der Waals surface area contributed by atoms with E-state index in [1.165, 1.54) is 5.56 Å². The highest BCUT2D eigenvalue weighted by Crippen LogP contribution is 2.24. The van der Waals surface area contributed by atoms with Crippen molar-refractivity contribution in [3.05, 3.63) is 65.7 Å². The van der Waals surface area contributed by atoms with Crippen molar-refractivity contribution >= 4 is 11.6 Å². The first-order valence-corrected chi connectivity index (χ1v) is 7.98. The van der Waals surface area contributed by atoms with Crippen LogP contribution in [0, 0.1) is 0 Å². The normalized spacial score (nSPS) is 11.9. The lowest BCUT2D eigenvalue weighted by atomic mass is 9.87. The maximum Gasteiger partial charge on any atom is 0.277 e. The quantitative estimate of drug-likeness (QED) is 0.670. The molecule has 4 heteroatoms. The number of carbonyl (C=O) groups is 1. The fraction of sp³-hybridized carbons (Fsp3) is 0.300.